The van der Waals surface area contributed by atoms with Gasteiger partial charge in [-0.05, 0) is 39.8 Å². The van der Waals surface area contributed by atoms with Gasteiger partial charge in [-0.1, -0.05) is 23.7 Å². The molecule has 0 amide bonds. The first-order valence-corrected chi connectivity index (χ1v) is 5.99. The van der Waals surface area contributed by atoms with Gasteiger partial charge in [0.25, 0.3) is 0 Å². The molecule has 0 spiro atoms. The molecule has 0 aliphatic carbocycles. The van der Waals surface area contributed by atoms with E-state index in [1.807, 2.05) is 32.9 Å². The summed E-state index contributed by atoms with van der Waals surface area (Å²) in [6, 6.07) is 7.07. The minimum atomic E-state index is -0.516. The lowest BCUT2D eigenvalue weighted by Crippen LogP contribution is -2.22. The molecule has 0 unspecified atom stereocenters. The number of rotatable bonds is 3. The zero-order valence-electron chi connectivity index (χ0n) is 11.0. The molecule has 1 rings (SSSR count). The highest BCUT2D eigenvalue weighted by Gasteiger charge is 2.15. The molecule has 0 saturated carbocycles. The van der Waals surface area contributed by atoms with Crippen LogP contribution in [-0.4, -0.2) is 11.6 Å². The van der Waals surface area contributed by atoms with Crippen molar-refractivity contribution < 1.29 is 14.3 Å². The van der Waals surface area contributed by atoms with Gasteiger partial charge in [-0.3, -0.25) is 0 Å². The van der Waals surface area contributed by atoms with Gasteiger partial charge in [0.1, 0.15) is 17.1 Å². The van der Waals surface area contributed by atoms with Crippen molar-refractivity contribution >= 4 is 17.6 Å². The number of benzene rings is 1. The van der Waals surface area contributed by atoms with Crippen LogP contribution in [0.2, 0.25) is 5.02 Å². The average Bonchev–Trinajstić information content (AvgIpc) is 2.18. The molecule has 0 heterocycles. The fourth-order valence-corrected chi connectivity index (χ4v) is 1.40. The highest BCUT2D eigenvalue weighted by Crippen LogP contribution is 2.25. The largest absolute Gasteiger partial charge is 0.460 e. The predicted octanol–water partition coefficient (Wildman–Crippen LogP) is 3.96. The van der Waals surface area contributed by atoms with Crippen LogP contribution in [0.3, 0.4) is 0 Å². The molecule has 0 N–H and O–H groups in total. The zero-order valence-corrected chi connectivity index (χ0v) is 11.7. The van der Waals surface area contributed by atoms with Crippen LogP contribution in [0.15, 0.2) is 36.1 Å². The van der Waals surface area contributed by atoms with Gasteiger partial charge < -0.3 is 9.47 Å². The zero-order chi connectivity index (χ0) is 13.8. The summed E-state index contributed by atoms with van der Waals surface area (Å²) in [4.78, 5) is 11.5. The molecule has 0 saturated heterocycles. The Bertz CT molecular complexity index is 458. The maximum atomic E-state index is 11.5. The molecule has 3 nitrogen and oxygen atoms in total. The molecule has 0 aliphatic rings. The molecule has 1 aromatic rings. The van der Waals surface area contributed by atoms with E-state index < -0.39 is 11.6 Å². The Balaban J connectivity index is 2.68. The number of hydrogen-bond donors (Lipinski definition) is 0. The molecule has 4 heteroatoms. The highest BCUT2D eigenvalue weighted by atomic mass is 35.5. The molecule has 0 atom stereocenters. The minimum Gasteiger partial charge on any atom is -0.460 e. The van der Waals surface area contributed by atoms with Gasteiger partial charge in [0.2, 0.25) is 0 Å². The Kier molecular flexibility index (Phi) is 4.79. The topological polar surface area (TPSA) is 35.5 Å². The van der Waals surface area contributed by atoms with Crippen LogP contribution in [0.25, 0.3) is 0 Å². The monoisotopic (exact) mass is 268 g/mol. The van der Waals surface area contributed by atoms with Crippen molar-refractivity contribution in [3.05, 3.63) is 41.1 Å². The van der Waals surface area contributed by atoms with Gasteiger partial charge in [0.15, 0.2) is 0 Å². The number of carbonyl (C=O) groups excluding carboxylic acids is 1. The number of hydrogen-bond acceptors (Lipinski definition) is 3. The Morgan fingerprint density at radius 3 is 2.44 bits per heavy atom. The second-order valence-corrected chi connectivity index (χ2v) is 5.23. The fraction of sp³-hybridized carbons (Fsp3) is 0.357. The van der Waals surface area contributed by atoms with Gasteiger partial charge in [-0.15, -0.1) is 0 Å². The Labute approximate surface area is 112 Å². The lowest BCUT2D eigenvalue weighted by atomic mass is 10.2. The summed E-state index contributed by atoms with van der Waals surface area (Å²) in [5.74, 6) is 0.501. The number of esters is 1. The predicted molar refractivity (Wildman–Crippen MR) is 71.7 cm³/mol. The first kappa shape index (κ1) is 14.6. The van der Waals surface area contributed by atoms with Gasteiger partial charge in [0, 0.05) is 0 Å². The summed E-state index contributed by atoms with van der Waals surface area (Å²) >= 11 is 5.94. The molecule has 0 bridgehead atoms. The number of halogens is 1. The standard InChI is InChI=1S/C14H17ClO3/c1-10(9-13(16)18-14(2,3)4)17-12-8-6-5-7-11(12)15/h5-9H,1-4H3. The van der Waals surface area contributed by atoms with E-state index >= 15 is 0 Å². The van der Waals surface area contributed by atoms with Crippen LogP contribution in [0.1, 0.15) is 27.7 Å². The maximum absolute atomic E-state index is 11.5. The summed E-state index contributed by atoms with van der Waals surface area (Å²) in [7, 11) is 0. The minimum absolute atomic E-state index is 0.428. The van der Waals surface area contributed by atoms with Gasteiger partial charge >= 0.3 is 5.97 Å². The fourth-order valence-electron chi connectivity index (χ4n) is 1.23. The third kappa shape index (κ3) is 5.23. The number of ether oxygens (including phenoxy) is 2. The third-order valence-corrected chi connectivity index (χ3v) is 2.15. The lowest BCUT2D eigenvalue weighted by molar-refractivity contribution is -0.148. The first-order valence-electron chi connectivity index (χ1n) is 5.61. The van der Waals surface area contributed by atoms with Crippen LogP contribution in [-0.2, 0) is 9.53 Å². The van der Waals surface area contributed by atoms with Crippen molar-refractivity contribution in [2.45, 2.75) is 33.3 Å². The van der Waals surface area contributed by atoms with Crippen LogP contribution < -0.4 is 4.74 Å². The summed E-state index contributed by atoms with van der Waals surface area (Å²) in [5.41, 5.74) is -0.516. The summed E-state index contributed by atoms with van der Waals surface area (Å²) in [6.07, 6.45) is 1.30. The maximum Gasteiger partial charge on any atom is 0.334 e. The first-order chi connectivity index (χ1) is 8.28. The van der Waals surface area contributed by atoms with Crippen molar-refractivity contribution in [2.75, 3.05) is 0 Å². The number of carbonyl (C=O) groups is 1. The van der Waals surface area contributed by atoms with E-state index in [0.717, 1.165) is 0 Å². The molecule has 98 valence electrons. The normalized spacial score (nSPS) is 12.2. The van der Waals surface area contributed by atoms with E-state index in [1.54, 1.807) is 19.1 Å². The molecule has 0 aromatic heterocycles. The molecule has 0 aliphatic heterocycles. The van der Waals surface area contributed by atoms with Crippen molar-refractivity contribution in [3.63, 3.8) is 0 Å². The number of allylic oxidation sites excluding steroid dienone is 1. The molecule has 18 heavy (non-hydrogen) atoms. The second kappa shape index (κ2) is 5.91. The Hall–Kier alpha value is -1.48. The van der Waals surface area contributed by atoms with E-state index in [-0.39, 0.29) is 0 Å². The van der Waals surface area contributed by atoms with Crippen LogP contribution in [0.5, 0.6) is 5.75 Å². The van der Waals surface area contributed by atoms with E-state index in [1.165, 1.54) is 6.08 Å². The molecular weight excluding hydrogens is 252 g/mol. The van der Waals surface area contributed by atoms with E-state index in [9.17, 15) is 4.79 Å². The van der Waals surface area contributed by atoms with Crippen molar-refractivity contribution in [1.29, 1.82) is 0 Å². The van der Waals surface area contributed by atoms with Gasteiger partial charge in [-0.25, -0.2) is 4.79 Å². The summed E-state index contributed by atoms with van der Waals surface area (Å²) in [5, 5.41) is 0.495. The highest BCUT2D eigenvalue weighted by molar-refractivity contribution is 6.32. The quantitative estimate of drug-likeness (QED) is 0.473. The van der Waals surface area contributed by atoms with Gasteiger partial charge in [-0.2, -0.15) is 0 Å². The second-order valence-electron chi connectivity index (χ2n) is 4.82. The summed E-state index contributed by atoms with van der Waals surface area (Å²) < 4.78 is 10.6. The van der Waals surface area contributed by atoms with Crippen molar-refractivity contribution in [1.82, 2.24) is 0 Å². The van der Waals surface area contributed by atoms with E-state index in [2.05, 4.69) is 0 Å². The third-order valence-electron chi connectivity index (χ3n) is 1.84. The van der Waals surface area contributed by atoms with E-state index in [0.29, 0.717) is 16.5 Å². The SMILES string of the molecule is CC(=CC(=O)OC(C)(C)C)Oc1ccccc1Cl. The van der Waals surface area contributed by atoms with Crippen molar-refractivity contribution in [2.24, 2.45) is 0 Å². The lowest BCUT2D eigenvalue weighted by Gasteiger charge is -2.18. The molecule has 1 aromatic carbocycles. The van der Waals surface area contributed by atoms with Crippen LogP contribution in [0.4, 0.5) is 0 Å². The Morgan fingerprint density at radius 2 is 1.89 bits per heavy atom. The smallest absolute Gasteiger partial charge is 0.334 e. The molecule has 0 radical (unpaired) electrons. The van der Waals surface area contributed by atoms with Gasteiger partial charge in [0.05, 0.1) is 11.1 Å². The average molecular weight is 269 g/mol. The van der Waals surface area contributed by atoms with Crippen LogP contribution >= 0.6 is 11.6 Å². The van der Waals surface area contributed by atoms with Crippen LogP contribution in [0, 0.1) is 0 Å². The Morgan fingerprint density at radius 1 is 1.28 bits per heavy atom. The number of para-hydroxylation sites is 1. The van der Waals surface area contributed by atoms with E-state index in [4.69, 9.17) is 21.1 Å². The summed E-state index contributed by atoms with van der Waals surface area (Å²) in [6.45, 7) is 7.10. The molecular formula is C14H17ClO3. The molecule has 0 fully saturated rings. The van der Waals surface area contributed by atoms with Crippen molar-refractivity contribution in [3.8, 4) is 5.75 Å².